The number of carboxylic acids is 1. The maximum absolute atomic E-state index is 12.7. The number of carboxylic acid groups (broad SMARTS) is 1. The van der Waals surface area contributed by atoms with Crippen molar-refractivity contribution in [3.05, 3.63) is 11.3 Å². The van der Waals surface area contributed by atoms with Crippen LogP contribution >= 0.6 is 23.5 Å². The number of hydrogen-bond donors (Lipinski definition) is 2. The van der Waals surface area contributed by atoms with Crippen molar-refractivity contribution in [1.29, 1.82) is 5.26 Å². The topological polar surface area (TPSA) is 146 Å². The van der Waals surface area contributed by atoms with Gasteiger partial charge in [-0.05, 0) is 0 Å². The van der Waals surface area contributed by atoms with Crippen LogP contribution in [-0.2, 0) is 28.7 Å². The van der Waals surface area contributed by atoms with E-state index in [9.17, 15) is 24.3 Å². The molecular formula is C15H17N3O7S2. The van der Waals surface area contributed by atoms with Crippen molar-refractivity contribution >= 4 is 47.3 Å². The summed E-state index contributed by atoms with van der Waals surface area (Å²) in [5.74, 6) is -2.86. The van der Waals surface area contributed by atoms with Crippen molar-refractivity contribution in [2.75, 3.05) is 31.0 Å². The van der Waals surface area contributed by atoms with Crippen LogP contribution in [0, 0.1) is 11.3 Å². The quantitative estimate of drug-likeness (QED) is 0.231. The largest absolute Gasteiger partial charge is 0.477 e. The van der Waals surface area contributed by atoms with Crippen molar-refractivity contribution in [3.63, 3.8) is 0 Å². The zero-order chi connectivity index (χ0) is 20.2. The zero-order valence-electron chi connectivity index (χ0n) is 14.5. The summed E-state index contributed by atoms with van der Waals surface area (Å²) in [6.45, 7) is 0.960. The summed E-state index contributed by atoms with van der Waals surface area (Å²) in [6.07, 6.45) is 0. The van der Waals surface area contributed by atoms with Crippen LogP contribution in [0.2, 0.25) is 0 Å². The van der Waals surface area contributed by atoms with Gasteiger partial charge in [-0.3, -0.25) is 19.3 Å². The molecule has 2 amide bonds. The van der Waals surface area contributed by atoms with Crippen molar-refractivity contribution in [2.24, 2.45) is 0 Å². The molecule has 0 aromatic heterocycles. The van der Waals surface area contributed by atoms with E-state index >= 15 is 0 Å². The highest BCUT2D eigenvalue weighted by atomic mass is 32.2. The molecule has 2 atom stereocenters. The first-order valence-electron chi connectivity index (χ1n) is 7.63. The summed E-state index contributed by atoms with van der Waals surface area (Å²) >= 11 is 2.27. The minimum atomic E-state index is -1.68. The van der Waals surface area contributed by atoms with E-state index in [0.29, 0.717) is 0 Å². The average molecular weight is 415 g/mol. The molecule has 12 heteroatoms. The molecule has 2 N–H and O–H groups in total. The van der Waals surface area contributed by atoms with Gasteiger partial charge in [0.05, 0.1) is 17.6 Å². The predicted octanol–water partition coefficient (Wildman–Crippen LogP) is -0.481. The van der Waals surface area contributed by atoms with E-state index in [4.69, 9.17) is 14.7 Å². The first kappa shape index (κ1) is 21.1. The lowest BCUT2D eigenvalue weighted by atomic mass is 9.98. The fraction of sp³-hybridized carbons (Fsp3) is 0.533. The maximum Gasteiger partial charge on any atom is 0.352 e. The predicted molar refractivity (Wildman–Crippen MR) is 95.2 cm³/mol. The van der Waals surface area contributed by atoms with E-state index in [1.165, 1.54) is 25.8 Å². The lowest BCUT2D eigenvalue weighted by Crippen LogP contribution is -2.80. The fourth-order valence-electron chi connectivity index (χ4n) is 2.68. The zero-order valence-corrected chi connectivity index (χ0v) is 16.1. The van der Waals surface area contributed by atoms with Gasteiger partial charge in [-0.25, -0.2) is 4.79 Å². The molecule has 2 heterocycles. The van der Waals surface area contributed by atoms with Crippen LogP contribution in [0.4, 0.5) is 0 Å². The van der Waals surface area contributed by atoms with Crippen LogP contribution in [0.25, 0.3) is 0 Å². The molecule has 1 unspecified atom stereocenters. The molecule has 1 fully saturated rings. The third-order valence-corrected chi connectivity index (χ3v) is 5.98. The summed E-state index contributed by atoms with van der Waals surface area (Å²) in [5, 5.41) is 19.8. The van der Waals surface area contributed by atoms with Crippen molar-refractivity contribution in [3.8, 4) is 6.07 Å². The molecule has 0 aromatic rings. The third-order valence-electron chi connectivity index (χ3n) is 3.81. The van der Waals surface area contributed by atoms with Crippen molar-refractivity contribution in [2.45, 2.75) is 18.0 Å². The molecule has 0 radical (unpaired) electrons. The smallest absolute Gasteiger partial charge is 0.352 e. The molecule has 1 saturated heterocycles. The molecule has 10 nitrogen and oxygen atoms in total. The van der Waals surface area contributed by atoms with E-state index < -0.39 is 34.9 Å². The third kappa shape index (κ3) is 4.05. The second-order valence-electron chi connectivity index (χ2n) is 5.51. The van der Waals surface area contributed by atoms with Crippen molar-refractivity contribution in [1.82, 2.24) is 10.2 Å². The van der Waals surface area contributed by atoms with E-state index in [0.717, 1.165) is 16.7 Å². The number of rotatable bonds is 8. The fourth-order valence-corrected chi connectivity index (χ4v) is 4.55. The second-order valence-corrected chi connectivity index (χ2v) is 7.57. The van der Waals surface area contributed by atoms with Gasteiger partial charge in [0.2, 0.25) is 5.91 Å². The molecule has 2 rings (SSSR count). The number of ether oxygens (including phenoxy) is 2. The molecule has 27 heavy (non-hydrogen) atoms. The highest BCUT2D eigenvalue weighted by Gasteiger charge is 2.66. The second kappa shape index (κ2) is 8.64. The summed E-state index contributed by atoms with van der Waals surface area (Å²) < 4.78 is 10.1. The van der Waals surface area contributed by atoms with E-state index in [1.54, 1.807) is 0 Å². The van der Waals surface area contributed by atoms with Gasteiger partial charge in [-0.15, -0.1) is 23.5 Å². The normalized spacial score (nSPS) is 23.8. The van der Waals surface area contributed by atoms with Crippen LogP contribution in [0.1, 0.15) is 6.92 Å². The number of aliphatic carboxylic acids is 1. The number of fused-ring (bicyclic) bond motifs is 1. The Bertz CT molecular complexity index is 748. The monoisotopic (exact) mass is 415 g/mol. The highest BCUT2D eigenvalue weighted by molar-refractivity contribution is 8.00. The number of thioether (sulfide) groups is 2. The van der Waals surface area contributed by atoms with Crippen LogP contribution in [0.3, 0.4) is 0 Å². The molecule has 2 aliphatic rings. The SMILES string of the molecule is CO[C@@]1(NC(=O)CSCC#N)C(=O)N2C(C(=O)O)=C(COC(C)=O)CSC21. The Morgan fingerprint density at radius 1 is 1.52 bits per heavy atom. The number of nitrogens with one attached hydrogen (secondary N) is 1. The number of esters is 1. The number of hydrogen-bond acceptors (Lipinski definition) is 9. The Morgan fingerprint density at radius 3 is 2.78 bits per heavy atom. The van der Waals surface area contributed by atoms with Gasteiger partial charge in [-0.1, -0.05) is 0 Å². The van der Waals surface area contributed by atoms with Gasteiger partial charge in [0.15, 0.2) is 0 Å². The minimum Gasteiger partial charge on any atom is -0.477 e. The Labute approximate surface area is 163 Å². The van der Waals surface area contributed by atoms with Gasteiger partial charge < -0.3 is 19.9 Å². The Morgan fingerprint density at radius 2 is 2.22 bits per heavy atom. The van der Waals surface area contributed by atoms with E-state index in [2.05, 4.69) is 5.32 Å². The lowest BCUT2D eigenvalue weighted by Gasteiger charge is -2.55. The molecule has 0 aliphatic carbocycles. The molecule has 0 spiro atoms. The van der Waals surface area contributed by atoms with Crippen LogP contribution in [0.15, 0.2) is 11.3 Å². The highest BCUT2D eigenvalue weighted by Crippen LogP contribution is 2.46. The van der Waals surface area contributed by atoms with Crippen LogP contribution in [0.5, 0.6) is 0 Å². The maximum atomic E-state index is 12.7. The number of amides is 2. The molecule has 146 valence electrons. The van der Waals surface area contributed by atoms with Crippen molar-refractivity contribution < 1.29 is 33.8 Å². The van der Waals surface area contributed by atoms with Gasteiger partial charge in [0.1, 0.15) is 17.7 Å². The Balaban J connectivity index is 2.21. The summed E-state index contributed by atoms with van der Waals surface area (Å²) in [7, 11) is 1.25. The summed E-state index contributed by atoms with van der Waals surface area (Å²) in [6, 6.07) is 1.89. The number of carbonyl (C=O) groups is 4. The molecule has 0 bridgehead atoms. The average Bonchev–Trinajstić information content (AvgIpc) is 2.63. The number of nitriles is 1. The number of methoxy groups -OCH3 is 1. The molecule has 0 saturated carbocycles. The van der Waals surface area contributed by atoms with Crippen LogP contribution in [-0.4, -0.2) is 75.8 Å². The standard InChI is InChI=1S/C15H17N3O7S2/c1-8(19)25-5-9-6-27-14-15(24-2,17-10(20)7-26-4-3-16)13(23)18(14)11(9)12(21)22/h14H,4-7H2,1-2H3,(H,17,20)(H,21,22)/t14?,15-/m0/s1. The Hall–Kier alpha value is -2.23. The summed E-state index contributed by atoms with van der Waals surface area (Å²) in [5.41, 5.74) is -1.67. The molecule has 2 aliphatic heterocycles. The Kier molecular flexibility index (Phi) is 6.74. The first-order chi connectivity index (χ1) is 12.8. The summed E-state index contributed by atoms with van der Waals surface area (Å²) in [4.78, 5) is 48.5. The van der Waals surface area contributed by atoms with Gasteiger partial charge in [0.25, 0.3) is 11.6 Å². The molecular weight excluding hydrogens is 398 g/mol. The van der Waals surface area contributed by atoms with E-state index in [-0.39, 0.29) is 35.1 Å². The minimum absolute atomic E-state index is 0.0390. The first-order valence-corrected chi connectivity index (χ1v) is 9.83. The molecule has 0 aromatic carbocycles. The van der Waals surface area contributed by atoms with Crippen LogP contribution < -0.4 is 5.32 Å². The lowest BCUT2D eigenvalue weighted by molar-refractivity contribution is -0.192. The van der Waals surface area contributed by atoms with Gasteiger partial charge >= 0.3 is 11.9 Å². The number of nitrogens with zero attached hydrogens (tertiary/aromatic N) is 2. The van der Waals surface area contributed by atoms with E-state index in [1.807, 2.05) is 6.07 Å². The number of carbonyl (C=O) groups excluding carboxylic acids is 3. The number of β-lactam (4-membered cyclic amide) rings is 1. The van der Waals surface area contributed by atoms with Gasteiger partial charge in [0, 0.05) is 25.4 Å². The van der Waals surface area contributed by atoms with Gasteiger partial charge in [-0.2, -0.15) is 5.26 Å².